The smallest absolute Gasteiger partial charge is 0.419 e. The quantitative estimate of drug-likeness (QED) is 0.242. The van der Waals surface area contributed by atoms with Gasteiger partial charge in [0, 0.05) is 24.2 Å². The number of nitrogens with two attached hydrogens (primary N) is 1. The molecule has 1 aromatic heterocycles. The second-order valence-corrected chi connectivity index (χ2v) is 10.1. The van der Waals surface area contributed by atoms with Gasteiger partial charge in [-0.2, -0.15) is 0 Å². The van der Waals surface area contributed by atoms with Crippen LogP contribution in [0.1, 0.15) is 48.0 Å². The van der Waals surface area contributed by atoms with E-state index in [0.29, 0.717) is 47.4 Å². The average Bonchev–Trinajstić information content (AvgIpc) is 3.29. The van der Waals surface area contributed by atoms with E-state index in [1.54, 1.807) is 6.07 Å². The molecule has 1 fully saturated rings. The van der Waals surface area contributed by atoms with Crippen molar-refractivity contribution in [2.75, 3.05) is 12.4 Å². The van der Waals surface area contributed by atoms with Crippen molar-refractivity contribution in [3.05, 3.63) is 88.4 Å². The zero-order valence-electron chi connectivity index (χ0n) is 22.9. The Morgan fingerprint density at radius 1 is 1.10 bits per heavy atom. The van der Waals surface area contributed by atoms with Gasteiger partial charge in [-0.25, -0.2) is 9.59 Å². The third-order valence-corrected chi connectivity index (χ3v) is 7.33. The van der Waals surface area contributed by atoms with Crippen molar-refractivity contribution in [3.8, 4) is 16.9 Å². The maximum atomic E-state index is 12.8. The largest absolute Gasteiger partial charge is 0.496 e. The van der Waals surface area contributed by atoms with Gasteiger partial charge < -0.3 is 19.6 Å². The Labute approximate surface area is 237 Å². The van der Waals surface area contributed by atoms with Gasteiger partial charge in [0.05, 0.1) is 23.9 Å². The molecule has 1 aliphatic carbocycles. The second kappa shape index (κ2) is 12.7. The van der Waals surface area contributed by atoms with Crippen LogP contribution in [0.4, 0.5) is 10.5 Å². The van der Waals surface area contributed by atoms with Crippen LogP contribution in [0.3, 0.4) is 0 Å². The van der Waals surface area contributed by atoms with Crippen LogP contribution in [0.5, 0.6) is 5.75 Å². The van der Waals surface area contributed by atoms with E-state index in [4.69, 9.17) is 19.6 Å². The zero-order chi connectivity index (χ0) is 28.8. The van der Waals surface area contributed by atoms with Gasteiger partial charge in [0.15, 0.2) is 11.9 Å². The number of aryl methyl sites for hydroxylation is 1. The van der Waals surface area contributed by atoms with E-state index >= 15 is 0 Å². The highest BCUT2D eigenvalue weighted by molar-refractivity contribution is 5.92. The molecule has 0 unspecified atom stereocenters. The highest BCUT2D eigenvalue weighted by Gasteiger charge is 2.22. The molecule has 0 radical (unpaired) electrons. The van der Waals surface area contributed by atoms with Crippen LogP contribution in [-0.2, 0) is 11.3 Å². The van der Waals surface area contributed by atoms with Crippen LogP contribution in [0.25, 0.3) is 28.3 Å². The molecule has 0 bridgehead atoms. The summed E-state index contributed by atoms with van der Waals surface area (Å²) in [4.78, 5) is 36.6. The third-order valence-electron chi connectivity index (χ3n) is 7.33. The van der Waals surface area contributed by atoms with Crippen LogP contribution in [-0.4, -0.2) is 36.2 Å². The molecule has 41 heavy (non-hydrogen) atoms. The van der Waals surface area contributed by atoms with Crippen LogP contribution in [0.2, 0.25) is 0 Å². The molecular formula is C32H33N3O6. The van der Waals surface area contributed by atoms with E-state index in [0.717, 1.165) is 42.4 Å². The van der Waals surface area contributed by atoms with Crippen LogP contribution in [0.15, 0.2) is 76.0 Å². The van der Waals surface area contributed by atoms with Gasteiger partial charge >= 0.3 is 11.8 Å². The number of nitrogens with zero attached hydrogens (tertiary/aromatic N) is 1. The summed E-state index contributed by atoms with van der Waals surface area (Å²) in [5.74, 6) is -0.127. The minimum Gasteiger partial charge on any atom is -0.496 e. The van der Waals surface area contributed by atoms with Crippen molar-refractivity contribution in [2.24, 2.45) is 5.73 Å². The van der Waals surface area contributed by atoms with Gasteiger partial charge in [0.2, 0.25) is 0 Å². The normalized spacial score (nSPS) is 17.0. The zero-order valence-corrected chi connectivity index (χ0v) is 22.9. The summed E-state index contributed by atoms with van der Waals surface area (Å²) in [6.45, 7) is 0.372. The molecule has 1 heterocycles. The number of allylic oxidation sites excluding steroid dienone is 1. The number of carbonyl (C=O) groups excluding carboxylic acids is 2. The fraction of sp³-hybridized carbons (Fsp3) is 0.281. The molecule has 0 spiro atoms. The first-order chi connectivity index (χ1) is 19.9. The van der Waals surface area contributed by atoms with E-state index in [9.17, 15) is 14.4 Å². The Hall–Kier alpha value is -4.63. The van der Waals surface area contributed by atoms with Crippen molar-refractivity contribution >= 4 is 35.2 Å². The van der Waals surface area contributed by atoms with E-state index < -0.39 is 11.8 Å². The number of methoxy groups -OCH3 is 1. The highest BCUT2D eigenvalue weighted by Crippen LogP contribution is 2.30. The van der Waals surface area contributed by atoms with Gasteiger partial charge in [-0.3, -0.25) is 14.7 Å². The summed E-state index contributed by atoms with van der Waals surface area (Å²) in [5, 5.41) is 2.95. The lowest BCUT2D eigenvalue weighted by molar-refractivity contribution is 0.0826. The van der Waals surface area contributed by atoms with Gasteiger partial charge in [0.1, 0.15) is 11.9 Å². The Kier molecular flexibility index (Phi) is 8.64. The first kappa shape index (κ1) is 27.9. The van der Waals surface area contributed by atoms with E-state index in [1.165, 1.54) is 17.7 Å². The second-order valence-electron chi connectivity index (χ2n) is 10.1. The Balaban J connectivity index is 1.31. The Morgan fingerprint density at radius 3 is 2.61 bits per heavy atom. The average molecular weight is 556 g/mol. The Morgan fingerprint density at radius 2 is 1.88 bits per heavy atom. The lowest BCUT2D eigenvalue weighted by Crippen LogP contribution is -2.32. The minimum absolute atomic E-state index is 0.134. The molecule has 3 N–H and O–H groups in total. The summed E-state index contributed by atoms with van der Waals surface area (Å²) in [6.07, 6.45) is 7.71. The lowest BCUT2D eigenvalue weighted by Gasteiger charge is -2.26. The van der Waals surface area contributed by atoms with E-state index in [1.807, 2.05) is 60.7 Å². The number of aldehydes is 1. The fourth-order valence-electron chi connectivity index (χ4n) is 5.14. The summed E-state index contributed by atoms with van der Waals surface area (Å²) in [6, 6.07) is 19.0. The summed E-state index contributed by atoms with van der Waals surface area (Å²) >= 11 is 0. The number of carbonyl (C=O) groups is 2. The SMILES string of the molecule is COc1cc2c(cc1C=O)oc(=O)n2CCC=Cc1ccc(-c2ccccc2)c(NC(=O)OC2CCC(N)CC2)c1. The molecule has 3 aromatic carbocycles. The monoisotopic (exact) mass is 555 g/mol. The molecular weight excluding hydrogens is 522 g/mol. The lowest BCUT2D eigenvalue weighted by atomic mass is 9.94. The maximum absolute atomic E-state index is 12.8. The van der Waals surface area contributed by atoms with Crippen molar-refractivity contribution in [3.63, 3.8) is 0 Å². The number of amides is 1. The van der Waals surface area contributed by atoms with E-state index in [2.05, 4.69) is 5.32 Å². The van der Waals surface area contributed by atoms with Gasteiger partial charge in [-0.05, 0) is 55.4 Å². The Bertz CT molecular complexity index is 1610. The summed E-state index contributed by atoms with van der Waals surface area (Å²) in [7, 11) is 1.47. The molecule has 9 nitrogen and oxygen atoms in total. The first-order valence-electron chi connectivity index (χ1n) is 13.7. The van der Waals surface area contributed by atoms with Crippen molar-refractivity contribution in [2.45, 2.75) is 50.8 Å². The van der Waals surface area contributed by atoms with Crippen LogP contribution in [0, 0.1) is 0 Å². The third kappa shape index (κ3) is 6.58. The van der Waals surface area contributed by atoms with Crippen LogP contribution >= 0.6 is 0 Å². The van der Waals surface area contributed by atoms with E-state index in [-0.39, 0.29) is 12.1 Å². The van der Waals surface area contributed by atoms with Gasteiger partial charge in [-0.1, -0.05) is 54.6 Å². The molecule has 1 amide bonds. The van der Waals surface area contributed by atoms with Crippen molar-refractivity contribution in [1.82, 2.24) is 4.57 Å². The maximum Gasteiger partial charge on any atom is 0.419 e. The number of hydrogen-bond donors (Lipinski definition) is 2. The van der Waals surface area contributed by atoms with Crippen LogP contribution < -0.4 is 21.5 Å². The number of rotatable bonds is 9. The predicted octanol–water partition coefficient (Wildman–Crippen LogP) is 6.00. The first-order valence-corrected chi connectivity index (χ1v) is 13.7. The topological polar surface area (TPSA) is 126 Å². The van der Waals surface area contributed by atoms with Crippen molar-refractivity contribution < 1.29 is 23.5 Å². The van der Waals surface area contributed by atoms with Gasteiger partial charge in [0.25, 0.3) is 0 Å². The molecule has 4 aromatic rings. The summed E-state index contributed by atoms with van der Waals surface area (Å²) in [5.41, 5.74) is 10.6. The number of fused-ring (bicyclic) bond motifs is 1. The number of hydrogen-bond acceptors (Lipinski definition) is 7. The number of nitrogens with one attached hydrogen (secondary N) is 1. The predicted molar refractivity (Wildman–Crippen MR) is 158 cm³/mol. The number of benzene rings is 3. The highest BCUT2D eigenvalue weighted by atomic mass is 16.6. The molecule has 212 valence electrons. The molecule has 0 atom stereocenters. The number of aromatic nitrogens is 1. The fourth-order valence-corrected chi connectivity index (χ4v) is 5.14. The minimum atomic E-state index is -0.504. The van der Waals surface area contributed by atoms with Crippen molar-refractivity contribution in [1.29, 1.82) is 0 Å². The molecule has 9 heteroatoms. The standard InChI is InChI=1S/C32H33N3O6/c1-39-29-19-28-30(18-23(29)20-36)41-32(38)35(28)16-6-5-7-21-10-15-26(22-8-3-2-4-9-22)27(17-21)34-31(37)40-25-13-11-24(33)12-14-25/h2-5,7-10,15,17-20,24-25H,6,11-14,16,33H2,1H3,(H,34,37). The number of oxazole rings is 1. The molecule has 1 aliphatic rings. The molecule has 0 aliphatic heterocycles. The summed E-state index contributed by atoms with van der Waals surface area (Å²) < 4.78 is 17.8. The number of anilines is 1. The number of ether oxygens (including phenoxy) is 2. The van der Waals surface area contributed by atoms with Gasteiger partial charge in [-0.15, -0.1) is 0 Å². The molecule has 0 saturated heterocycles. The molecule has 5 rings (SSSR count). The molecule has 1 saturated carbocycles.